The maximum atomic E-state index is 4.47. The van der Waals surface area contributed by atoms with Crippen molar-refractivity contribution in [2.75, 3.05) is 26.7 Å². The minimum absolute atomic E-state index is 0.762. The van der Waals surface area contributed by atoms with Gasteiger partial charge in [-0.15, -0.1) is 0 Å². The van der Waals surface area contributed by atoms with E-state index in [1.54, 1.807) is 0 Å². The van der Waals surface area contributed by atoms with E-state index < -0.39 is 0 Å². The van der Waals surface area contributed by atoms with Crippen LogP contribution in [0.2, 0.25) is 0 Å². The Bertz CT molecular complexity index is 686. The molecule has 2 N–H and O–H groups in total. The molecular weight excluding hydrogens is 284 g/mol. The average molecular weight is 312 g/mol. The number of aliphatic imine (C=N–C) groups is 1. The second-order valence-corrected chi connectivity index (χ2v) is 6.69. The van der Waals surface area contributed by atoms with E-state index in [0.717, 1.165) is 37.9 Å². The highest BCUT2D eigenvalue weighted by Crippen LogP contribution is 2.22. The van der Waals surface area contributed by atoms with Crippen LogP contribution in [0.25, 0.3) is 10.9 Å². The van der Waals surface area contributed by atoms with E-state index >= 15 is 0 Å². The lowest BCUT2D eigenvalue weighted by molar-refractivity contribution is 0.266. The summed E-state index contributed by atoms with van der Waals surface area (Å²) in [6.07, 6.45) is 3.61. The van der Waals surface area contributed by atoms with Gasteiger partial charge in [0.25, 0.3) is 0 Å². The van der Waals surface area contributed by atoms with Gasteiger partial charge in [0.2, 0.25) is 0 Å². The normalized spacial score (nSPS) is 19.3. The van der Waals surface area contributed by atoms with E-state index in [1.165, 1.54) is 35.0 Å². The van der Waals surface area contributed by atoms with E-state index in [9.17, 15) is 0 Å². The molecule has 1 aliphatic rings. The molecule has 2 aromatic rings. The largest absolute Gasteiger partial charge is 0.358 e. The molecule has 1 unspecified atom stereocenters. The molecule has 23 heavy (non-hydrogen) atoms. The van der Waals surface area contributed by atoms with E-state index in [0.29, 0.717) is 0 Å². The highest BCUT2D eigenvalue weighted by Gasteiger charge is 2.19. The van der Waals surface area contributed by atoms with Gasteiger partial charge in [-0.3, -0.25) is 4.99 Å². The number of nitrogens with one attached hydrogen (secondary N) is 2. The zero-order valence-electron chi connectivity index (χ0n) is 14.5. The number of hydrogen-bond donors (Lipinski definition) is 2. The van der Waals surface area contributed by atoms with E-state index in [4.69, 9.17) is 0 Å². The van der Waals surface area contributed by atoms with Gasteiger partial charge in [0, 0.05) is 43.3 Å². The summed E-state index contributed by atoms with van der Waals surface area (Å²) < 4.78 is 0. The number of para-hydroxylation sites is 1. The number of guanidine groups is 1. The van der Waals surface area contributed by atoms with Crippen molar-refractivity contribution >= 4 is 16.9 Å². The molecule has 0 amide bonds. The topological polar surface area (TPSA) is 43.4 Å². The van der Waals surface area contributed by atoms with Crippen molar-refractivity contribution in [3.8, 4) is 0 Å². The van der Waals surface area contributed by atoms with Crippen molar-refractivity contribution in [1.29, 1.82) is 0 Å². The predicted octanol–water partition coefficient (Wildman–Crippen LogP) is 3.33. The fourth-order valence-corrected chi connectivity index (χ4v) is 3.67. The lowest BCUT2D eigenvalue weighted by atomic mass is 10.0. The predicted molar refractivity (Wildman–Crippen MR) is 98.1 cm³/mol. The third-order valence-electron chi connectivity index (χ3n) is 4.85. The Morgan fingerprint density at radius 3 is 3.00 bits per heavy atom. The van der Waals surface area contributed by atoms with Crippen LogP contribution < -0.4 is 5.32 Å². The summed E-state index contributed by atoms with van der Waals surface area (Å²) in [5.41, 5.74) is 3.92. The van der Waals surface area contributed by atoms with Crippen molar-refractivity contribution in [1.82, 2.24) is 15.2 Å². The molecule has 1 atom stereocenters. The van der Waals surface area contributed by atoms with Gasteiger partial charge in [0.05, 0.1) is 0 Å². The summed E-state index contributed by atoms with van der Waals surface area (Å²) in [6.45, 7) is 7.65. The number of H-pyrrole nitrogens is 1. The van der Waals surface area contributed by atoms with Crippen LogP contribution in [-0.4, -0.2) is 42.5 Å². The third kappa shape index (κ3) is 3.52. The van der Waals surface area contributed by atoms with Gasteiger partial charge in [-0.05, 0) is 43.7 Å². The molecule has 1 aliphatic heterocycles. The Morgan fingerprint density at radius 2 is 2.22 bits per heavy atom. The molecule has 0 spiro atoms. The lowest BCUT2D eigenvalue weighted by Gasteiger charge is -2.33. The lowest BCUT2D eigenvalue weighted by Crippen LogP contribution is -2.46. The van der Waals surface area contributed by atoms with E-state index in [2.05, 4.69) is 58.3 Å². The highest BCUT2D eigenvalue weighted by atomic mass is 15.3. The average Bonchev–Trinajstić information content (AvgIpc) is 2.87. The van der Waals surface area contributed by atoms with Crippen molar-refractivity contribution < 1.29 is 0 Å². The molecule has 4 heteroatoms. The number of likely N-dealkylation sites (tertiary alicyclic amines) is 1. The smallest absolute Gasteiger partial charge is 0.193 e. The van der Waals surface area contributed by atoms with Crippen LogP contribution in [0.3, 0.4) is 0 Å². The SMILES string of the molecule is CN=C(NCCc1c(C)[nH]c2ccccc12)N1CCCC(C)C1. The van der Waals surface area contributed by atoms with Crippen LogP contribution >= 0.6 is 0 Å². The number of nitrogens with zero attached hydrogens (tertiary/aromatic N) is 2. The number of piperidine rings is 1. The van der Waals surface area contributed by atoms with Crippen molar-refractivity contribution in [2.24, 2.45) is 10.9 Å². The maximum absolute atomic E-state index is 4.47. The second-order valence-electron chi connectivity index (χ2n) is 6.69. The number of benzene rings is 1. The minimum Gasteiger partial charge on any atom is -0.358 e. The van der Waals surface area contributed by atoms with Gasteiger partial charge in [0.15, 0.2) is 5.96 Å². The molecule has 124 valence electrons. The van der Waals surface area contributed by atoms with Gasteiger partial charge in [-0.25, -0.2) is 0 Å². The van der Waals surface area contributed by atoms with Gasteiger partial charge >= 0.3 is 0 Å². The van der Waals surface area contributed by atoms with Crippen LogP contribution in [0, 0.1) is 12.8 Å². The Morgan fingerprint density at radius 1 is 1.39 bits per heavy atom. The van der Waals surface area contributed by atoms with Crippen molar-refractivity contribution in [3.63, 3.8) is 0 Å². The summed E-state index contributed by atoms with van der Waals surface area (Å²) in [5.74, 6) is 1.81. The number of rotatable bonds is 3. The van der Waals surface area contributed by atoms with Crippen LogP contribution in [0.5, 0.6) is 0 Å². The number of aromatic nitrogens is 1. The molecule has 0 radical (unpaired) electrons. The maximum Gasteiger partial charge on any atom is 0.193 e. The first-order valence-electron chi connectivity index (χ1n) is 8.71. The third-order valence-corrected chi connectivity index (χ3v) is 4.85. The number of aryl methyl sites for hydroxylation is 1. The monoisotopic (exact) mass is 312 g/mol. The highest BCUT2D eigenvalue weighted by molar-refractivity contribution is 5.84. The summed E-state index contributed by atoms with van der Waals surface area (Å²) in [5, 5.41) is 4.89. The number of fused-ring (bicyclic) bond motifs is 1. The van der Waals surface area contributed by atoms with Crippen molar-refractivity contribution in [3.05, 3.63) is 35.5 Å². The fraction of sp³-hybridized carbons (Fsp3) is 0.526. The Labute approximate surface area is 139 Å². The zero-order valence-corrected chi connectivity index (χ0v) is 14.5. The molecule has 3 rings (SSSR count). The minimum atomic E-state index is 0.762. The molecule has 0 bridgehead atoms. The van der Waals surface area contributed by atoms with E-state index in [1.807, 2.05) is 7.05 Å². The molecule has 1 aromatic carbocycles. The molecule has 0 saturated carbocycles. The van der Waals surface area contributed by atoms with Gasteiger partial charge in [0.1, 0.15) is 0 Å². The van der Waals surface area contributed by atoms with Crippen LogP contribution in [0.15, 0.2) is 29.3 Å². The molecule has 1 fully saturated rings. The fourth-order valence-electron chi connectivity index (χ4n) is 3.67. The summed E-state index contributed by atoms with van der Waals surface area (Å²) in [4.78, 5) is 10.4. The van der Waals surface area contributed by atoms with Gasteiger partial charge in [-0.1, -0.05) is 25.1 Å². The van der Waals surface area contributed by atoms with Crippen molar-refractivity contribution in [2.45, 2.75) is 33.1 Å². The first-order chi connectivity index (χ1) is 11.2. The number of hydrogen-bond acceptors (Lipinski definition) is 1. The molecular formula is C19H28N4. The molecule has 0 aliphatic carbocycles. The quantitative estimate of drug-likeness (QED) is 0.674. The molecule has 1 saturated heterocycles. The first kappa shape index (κ1) is 15.9. The number of aromatic amines is 1. The Balaban J connectivity index is 1.62. The second kappa shape index (κ2) is 7.07. The zero-order chi connectivity index (χ0) is 16.2. The first-order valence-corrected chi connectivity index (χ1v) is 8.71. The summed E-state index contributed by atoms with van der Waals surface area (Å²) in [6, 6.07) is 8.54. The Kier molecular flexibility index (Phi) is 4.89. The van der Waals surface area contributed by atoms with Gasteiger partial charge < -0.3 is 15.2 Å². The van der Waals surface area contributed by atoms with Crippen LogP contribution in [0.1, 0.15) is 31.0 Å². The standard InChI is InChI=1S/C19H28N4/c1-14-7-6-12-23(13-14)19(20-3)21-11-10-16-15(2)22-18-9-5-4-8-17(16)18/h4-5,8-9,14,22H,6-7,10-13H2,1-3H3,(H,20,21). The Hall–Kier alpha value is -1.97. The molecule has 2 heterocycles. The van der Waals surface area contributed by atoms with Crippen LogP contribution in [0.4, 0.5) is 0 Å². The summed E-state index contributed by atoms with van der Waals surface area (Å²) in [7, 11) is 1.89. The van der Waals surface area contributed by atoms with E-state index in [-0.39, 0.29) is 0 Å². The molecule has 1 aromatic heterocycles. The summed E-state index contributed by atoms with van der Waals surface area (Å²) >= 11 is 0. The van der Waals surface area contributed by atoms with Crippen LogP contribution in [-0.2, 0) is 6.42 Å². The van der Waals surface area contributed by atoms with Gasteiger partial charge in [-0.2, -0.15) is 0 Å². The molecule has 4 nitrogen and oxygen atoms in total.